The molecule has 0 spiro atoms. The molecule has 0 heterocycles. The molecule has 5 nitrogen and oxygen atoms in total. The second kappa shape index (κ2) is 6.72. The van der Waals surface area contributed by atoms with E-state index in [0.29, 0.717) is 11.3 Å². The number of aliphatic carboxylic acids is 1. The normalized spacial score (nSPS) is 12.8. The summed E-state index contributed by atoms with van der Waals surface area (Å²) in [6, 6.07) is 4.35. The first-order valence-electron chi connectivity index (χ1n) is 6.82. The number of benzene rings is 1. The number of rotatable bonds is 6. The Morgan fingerprint density at radius 2 is 1.95 bits per heavy atom. The van der Waals surface area contributed by atoms with E-state index in [-0.39, 0.29) is 17.7 Å². The number of carboxylic acids is 1. The average molecular weight is 293 g/mol. The molecule has 1 aromatic carbocycles. The molecule has 0 aliphatic carbocycles. The summed E-state index contributed by atoms with van der Waals surface area (Å²) in [4.78, 5) is 23.5. The van der Waals surface area contributed by atoms with Gasteiger partial charge in [-0.05, 0) is 51.5 Å². The Bertz CT molecular complexity index is 532. The minimum atomic E-state index is -1.00. The average Bonchev–Trinajstić information content (AvgIpc) is 2.34. The number of ether oxygens (including phenoxy) is 1. The van der Waals surface area contributed by atoms with E-state index in [1.807, 2.05) is 27.7 Å². The molecule has 1 rings (SSSR count). The van der Waals surface area contributed by atoms with Gasteiger partial charge in [0.2, 0.25) is 0 Å². The van der Waals surface area contributed by atoms with Gasteiger partial charge in [0, 0.05) is 11.1 Å². The summed E-state index contributed by atoms with van der Waals surface area (Å²) in [5.41, 5.74) is 0.974. The third-order valence-electron chi connectivity index (χ3n) is 2.98. The van der Waals surface area contributed by atoms with Gasteiger partial charge in [-0.15, -0.1) is 0 Å². The van der Waals surface area contributed by atoms with E-state index in [1.54, 1.807) is 25.3 Å². The molecule has 1 unspecified atom stereocenters. The van der Waals surface area contributed by atoms with E-state index in [0.717, 1.165) is 5.56 Å². The van der Waals surface area contributed by atoms with E-state index >= 15 is 0 Å². The summed E-state index contributed by atoms with van der Waals surface area (Å²) < 4.78 is 5.16. The van der Waals surface area contributed by atoms with Gasteiger partial charge in [0.05, 0.1) is 19.6 Å². The first kappa shape index (κ1) is 17.2. The summed E-state index contributed by atoms with van der Waals surface area (Å²) in [5.74, 6) is -0.529. The van der Waals surface area contributed by atoms with Crippen LogP contribution in [0.5, 0.6) is 5.75 Å². The lowest BCUT2D eigenvalue weighted by Gasteiger charge is -2.27. The molecule has 0 saturated heterocycles. The smallest absolute Gasteiger partial charge is 0.305 e. The van der Waals surface area contributed by atoms with Crippen LogP contribution in [0.3, 0.4) is 0 Å². The van der Waals surface area contributed by atoms with Gasteiger partial charge in [-0.3, -0.25) is 9.59 Å². The van der Waals surface area contributed by atoms with E-state index in [9.17, 15) is 9.59 Å². The fourth-order valence-corrected chi connectivity index (χ4v) is 2.14. The van der Waals surface area contributed by atoms with Crippen LogP contribution in [0.2, 0.25) is 0 Å². The maximum atomic E-state index is 12.5. The molecule has 0 fully saturated rings. The number of nitrogens with one attached hydrogen (secondary N) is 1. The zero-order valence-electron chi connectivity index (χ0n) is 13.2. The predicted molar refractivity (Wildman–Crippen MR) is 81.0 cm³/mol. The number of methoxy groups -OCH3 is 1. The highest BCUT2D eigenvalue weighted by Crippen LogP contribution is 2.20. The molecular formula is C16H23NO4. The van der Waals surface area contributed by atoms with Crippen molar-refractivity contribution in [2.75, 3.05) is 7.11 Å². The number of ketones is 1. The quantitative estimate of drug-likeness (QED) is 0.788. The van der Waals surface area contributed by atoms with Crippen molar-refractivity contribution >= 4 is 11.8 Å². The van der Waals surface area contributed by atoms with Gasteiger partial charge in [-0.2, -0.15) is 0 Å². The third-order valence-corrected chi connectivity index (χ3v) is 2.98. The van der Waals surface area contributed by atoms with E-state index in [1.165, 1.54) is 0 Å². The number of carbonyl (C=O) groups excluding carboxylic acids is 1. The number of aryl methyl sites for hydroxylation is 1. The standard InChI is InChI=1S/C16H23NO4/c1-10-8-11(6-7-13(10)21-5)15(20)12(9-14(18)19)17-16(2,3)4/h6-8,12,17H,9H2,1-5H3,(H,18,19). The first-order chi connectivity index (χ1) is 9.64. The van der Waals surface area contributed by atoms with Crippen molar-refractivity contribution in [1.29, 1.82) is 0 Å². The second-order valence-corrected chi connectivity index (χ2v) is 6.09. The maximum absolute atomic E-state index is 12.5. The van der Waals surface area contributed by atoms with E-state index < -0.39 is 12.0 Å². The van der Waals surface area contributed by atoms with Gasteiger partial charge in [-0.1, -0.05) is 0 Å². The van der Waals surface area contributed by atoms with Gasteiger partial charge in [0.15, 0.2) is 5.78 Å². The highest BCUT2D eigenvalue weighted by molar-refractivity contribution is 6.02. The van der Waals surface area contributed by atoms with Crippen LogP contribution in [0.25, 0.3) is 0 Å². The van der Waals surface area contributed by atoms with Crippen LogP contribution in [0, 0.1) is 6.92 Å². The SMILES string of the molecule is COc1ccc(C(=O)C(CC(=O)O)NC(C)(C)C)cc1C. The largest absolute Gasteiger partial charge is 0.496 e. The van der Waals surface area contributed by atoms with Gasteiger partial charge in [0.25, 0.3) is 0 Å². The molecule has 0 saturated carbocycles. The molecule has 21 heavy (non-hydrogen) atoms. The highest BCUT2D eigenvalue weighted by Gasteiger charge is 2.27. The van der Waals surface area contributed by atoms with Crippen LogP contribution in [-0.2, 0) is 4.79 Å². The number of hydrogen-bond donors (Lipinski definition) is 2. The number of hydrogen-bond acceptors (Lipinski definition) is 4. The predicted octanol–water partition coefficient (Wildman–Crippen LogP) is 2.42. The fourth-order valence-electron chi connectivity index (χ4n) is 2.14. The van der Waals surface area contributed by atoms with Gasteiger partial charge in [0.1, 0.15) is 5.75 Å². The van der Waals surface area contributed by atoms with Gasteiger partial charge >= 0.3 is 5.97 Å². The summed E-state index contributed by atoms with van der Waals surface area (Å²) in [7, 11) is 1.57. The Morgan fingerprint density at radius 3 is 2.38 bits per heavy atom. The number of Topliss-reactive ketones (excluding diaryl/α,β-unsaturated/α-hetero) is 1. The van der Waals surface area contributed by atoms with Crippen molar-refractivity contribution in [3.8, 4) is 5.75 Å². The van der Waals surface area contributed by atoms with Gasteiger partial charge < -0.3 is 15.2 Å². The van der Waals surface area contributed by atoms with Crippen molar-refractivity contribution in [3.05, 3.63) is 29.3 Å². The van der Waals surface area contributed by atoms with Crippen LogP contribution in [0.4, 0.5) is 0 Å². The second-order valence-electron chi connectivity index (χ2n) is 6.09. The molecule has 0 bridgehead atoms. The molecule has 5 heteroatoms. The Kier molecular flexibility index (Phi) is 5.49. The van der Waals surface area contributed by atoms with Gasteiger partial charge in [-0.25, -0.2) is 0 Å². The van der Waals surface area contributed by atoms with Crippen molar-refractivity contribution in [2.45, 2.75) is 45.7 Å². The molecule has 0 radical (unpaired) electrons. The Labute approximate surface area is 125 Å². The molecule has 0 aliphatic heterocycles. The minimum absolute atomic E-state index is 0.224. The maximum Gasteiger partial charge on any atom is 0.305 e. The fraction of sp³-hybridized carbons (Fsp3) is 0.500. The Balaban J connectivity index is 3.04. The molecule has 0 aromatic heterocycles. The Morgan fingerprint density at radius 1 is 1.33 bits per heavy atom. The molecular weight excluding hydrogens is 270 g/mol. The molecule has 1 aromatic rings. The molecule has 0 aliphatic rings. The molecule has 116 valence electrons. The summed E-state index contributed by atoms with van der Waals surface area (Å²) in [5, 5.41) is 12.1. The van der Waals surface area contributed by atoms with Crippen molar-refractivity contribution in [1.82, 2.24) is 5.32 Å². The number of carbonyl (C=O) groups is 2. The lowest BCUT2D eigenvalue weighted by molar-refractivity contribution is -0.137. The zero-order valence-corrected chi connectivity index (χ0v) is 13.2. The van der Waals surface area contributed by atoms with Crippen LogP contribution in [0.15, 0.2) is 18.2 Å². The summed E-state index contributed by atoms with van der Waals surface area (Å²) in [6.45, 7) is 7.54. The lowest BCUT2D eigenvalue weighted by Crippen LogP contribution is -2.48. The first-order valence-corrected chi connectivity index (χ1v) is 6.82. The lowest BCUT2D eigenvalue weighted by atomic mass is 9.97. The summed E-state index contributed by atoms with van der Waals surface area (Å²) >= 11 is 0. The zero-order chi connectivity index (χ0) is 16.2. The number of carboxylic acid groups (broad SMARTS) is 1. The third kappa shape index (κ3) is 5.19. The minimum Gasteiger partial charge on any atom is -0.496 e. The monoisotopic (exact) mass is 293 g/mol. The Hall–Kier alpha value is -1.88. The van der Waals surface area contributed by atoms with Crippen LogP contribution in [-0.4, -0.2) is 35.5 Å². The summed E-state index contributed by atoms with van der Waals surface area (Å²) in [6.07, 6.45) is -0.249. The molecule has 1 atom stereocenters. The van der Waals surface area contributed by atoms with Crippen LogP contribution >= 0.6 is 0 Å². The van der Waals surface area contributed by atoms with E-state index in [2.05, 4.69) is 5.32 Å². The van der Waals surface area contributed by atoms with E-state index in [4.69, 9.17) is 9.84 Å². The van der Waals surface area contributed by atoms with Crippen molar-refractivity contribution in [2.24, 2.45) is 0 Å². The molecule has 2 N–H and O–H groups in total. The highest BCUT2D eigenvalue weighted by atomic mass is 16.5. The van der Waals surface area contributed by atoms with Crippen molar-refractivity contribution in [3.63, 3.8) is 0 Å². The van der Waals surface area contributed by atoms with Crippen LogP contribution in [0.1, 0.15) is 43.1 Å². The topological polar surface area (TPSA) is 75.6 Å². The molecule has 0 amide bonds. The van der Waals surface area contributed by atoms with Crippen molar-refractivity contribution < 1.29 is 19.4 Å². The van der Waals surface area contributed by atoms with Crippen LogP contribution < -0.4 is 10.1 Å².